The molecule has 0 aliphatic heterocycles. The van der Waals surface area contributed by atoms with E-state index in [1.807, 2.05) is 0 Å². The van der Waals surface area contributed by atoms with E-state index in [0.29, 0.717) is 0 Å². The van der Waals surface area contributed by atoms with Gasteiger partial charge < -0.3 is 5.32 Å². The van der Waals surface area contributed by atoms with E-state index in [-0.39, 0.29) is 0 Å². The van der Waals surface area contributed by atoms with E-state index in [4.69, 9.17) is 0 Å². The molecule has 2 atom stereocenters. The summed E-state index contributed by atoms with van der Waals surface area (Å²) in [6, 6.07) is 7.10. The molecule has 0 heterocycles. The summed E-state index contributed by atoms with van der Waals surface area (Å²) >= 11 is 0. The Bertz CT molecular complexity index is 422. The molecule has 2 unspecified atom stereocenters. The van der Waals surface area contributed by atoms with E-state index in [2.05, 4.69) is 51.2 Å². The summed E-state index contributed by atoms with van der Waals surface area (Å²) in [6.07, 6.45) is 5.58. The first-order chi connectivity index (χ1) is 9.58. The largest absolute Gasteiger partial charge is 0.316 e. The van der Waals surface area contributed by atoms with Crippen LogP contribution in [0.4, 0.5) is 0 Å². The van der Waals surface area contributed by atoms with Gasteiger partial charge in [0.25, 0.3) is 0 Å². The molecule has 2 rings (SSSR count). The molecule has 1 aromatic rings. The fourth-order valence-corrected chi connectivity index (χ4v) is 3.44. The molecule has 0 amide bonds. The van der Waals surface area contributed by atoms with E-state index in [1.165, 1.54) is 43.4 Å². The van der Waals surface area contributed by atoms with Crippen molar-refractivity contribution in [2.75, 3.05) is 13.1 Å². The lowest BCUT2D eigenvalue weighted by atomic mass is 9.75. The molecule has 1 N–H and O–H groups in total. The average Bonchev–Trinajstić information content (AvgIpc) is 2.42. The predicted molar refractivity (Wildman–Crippen MR) is 88.3 cm³/mol. The number of hydrogen-bond donors (Lipinski definition) is 1. The van der Waals surface area contributed by atoms with Crippen molar-refractivity contribution in [2.45, 2.75) is 59.3 Å². The molecule has 0 aromatic heterocycles. The quantitative estimate of drug-likeness (QED) is 0.811. The normalized spacial score (nSPS) is 23.2. The first kappa shape index (κ1) is 15.6. The molecule has 1 heteroatoms. The van der Waals surface area contributed by atoms with E-state index in [9.17, 15) is 0 Å². The summed E-state index contributed by atoms with van der Waals surface area (Å²) < 4.78 is 0. The maximum absolute atomic E-state index is 3.68. The van der Waals surface area contributed by atoms with Crippen LogP contribution in [-0.4, -0.2) is 13.1 Å². The van der Waals surface area contributed by atoms with E-state index < -0.39 is 0 Å². The highest BCUT2D eigenvalue weighted by Crippen LogP contribution is 2.38. The van der Waals surface area contributed by atoms with Gasteiger partial charge >= 0.3 is 0 Å². The second-order valence-corrected chi connectivity index (χ2v) is 7.05. The lowest BCUT2D eigenvalue weighted by Crippen LogP contribution is -2.31. The molecule has 0 spiro atoms. The molecule has 1 fully saturated rings. The molecular formula is C19H31N. The van der Waals surface area contributed by atoms with Gasteiger partial charge in [0.15, 0.2) is 0 Å². The highest BCUT2D eigenvalue weighted by molar-refractivity contribution is 5.32. The van der Waals surface area contributed by atoms with Gasteiger partial charge in [-0.2, -0.15) is 0 Å². The number of aryl methyl sites for hydroxylation is 2. The van der Waals surface area contributed by atoms with Crippen LogP contribution in [-0.2, 0) is 0 Å². The monoisotopic (exact) mass is 273 g/mol. The first-order valence-corrected chi connectivity index (χ1v) is 8.35. The van der Waals surface area contributed by atoms with Crippen LogP contribution < -0.4 is 5.32 Å². The molecule has 1 nitrogen and oxygen atoms in total. The zero-order chi connectivity index (χ0) is 14.5. The summed E-state index contributed by atoms with van der Waals surface area (Å²) in [5, 5.41) is 3.68. The second-order valence-electron chi connectivity index (χ2n) is 7.05. The molecule has 1 aromatic carbocycles. The molecule has 1 saturated carbocycles. The van der Waals surface area contributed by atoms with Crippen molar-refractivity contribution in [2.24, 2.45) is 11.8 Å². The van der Waals surface area contributed by atoms with Gasteiger partial charge in [0, 0.05) is 0 Å². The van der Waals surface area contributed by atoms with Gasteiger partial charge in [0.05, 0.1) is 0 Å². The highest BCUT2D eigenvalue weighted by atomic mass is 14.9. The Kier molecular flexibility index (Phi) is 5.65. The molecule has 1 aliphatic carbocycles. The van der Waals surface area contributed by atoms with E-state index >= 15 is 0 Å². The van der Waals surface area contributed by atoms with Crippen molar-refractivity contribution >= 4 is 0 Å². The van der Waals surface area contributed by atoms with Gasteiger partial charge in [-0.05, 0) is 74.2 Å². The Hall–Kier alpha value is -0.820. The van der Waals surface area contributed by atoms with Crippen LogP contribution in [0.25, 0.3) is 0 Å². The van der Waals surface area contributed by atoms with E-state index in [1.54, 1.807) is 5.56 Å². The molecule has 0 saturated heterocycles. The minimum absolute atomic E-state index is 0.749. The second kappa shape index (κ2) is 7.26. The van der Waals surface area contributed by atoms with Crippen molar-refractivity contribution in [3.63, 3.8) is 0 Å². The summed E-state index contributed by atoms with van der Waals surface area (Å²) in [4.78, 5) is 0. The third-order valence-corrected chi connectivity index (χ3v) is 4.83. The predicted octanol–water partition coefficient (Wildman–Crippen LogP) is 4.82. The Labute approximate surface area is 125 Å². The van der Waals surface area contributed by atoms with Gasteiger partial charge in [0.2, 0.25) is 0 Å². The van der Waals surface area contributed by atoms with Gasteiger partial charge in [-0.1, -0.05) is 44.9 Å². The number of nitrogens with one attached hydrogen (secondary N) is 1. The summed E-state index contributed by atoms with van der Waals surface area (Å²) in [6.45, 7) is 11.4. The number of rotatable bonds is 5. The van der Waals surface area contributed by atoms with Gasteiger partial charge in [0.1, 0.15) is 0 Å². The van der Waals surface area contributed by atoms with Gasteiger partial charge in [-0.3, -0.25) is 0 Å². The van der Waals surface area contributed by atoms with Crippen molar-refractivity contribution in [1.29, 1.82) is 0 Å². The minimum atomic E-state index is 0.749. The van der Waals surface area contributed by atoms with E-state index in [0.717, 1.165) is 24.3 Å². The van der Waals surface area contributed by atoms with Crippen molar-refractivity contribution < 1.29 is 0 Å². The maximum atomic E-state index is 3.68. The third-order valence-electron chi connectivity index (χ3n) is 4.83. The Balaban J connectivity index is 2.03. The van der Waals surface area contributed by atoms with Crippen molar-refractivity contribution in [3.05, 3.63) is 34.9 Å². The zero-order valence-electron chi connectivity index (χ0n) is 13.7. The SMILES string of the molecule is Cc1ccc(C2CCCCC2CNCC(C)C)cc1C. The van der Waals surface area contributed by atoms with Gasteiger partial charge in [-0.25, -0.2) is 0 Å². The van der Waals surface area contributed by atoms with Gasteiger partial charge in [-0.15, -0.1) is 0 Å². The third kappa shape index (κ3) is 4.09. The minimum Gasteiger partial charge on any atom is -0.316 e. The van der Waals surface area contributed by atoms with Crippen LogP contribution >= 0.6 is 0 Å². The molecule has 20 heavy (non-hydrogen) atoms. The molecule has 0 bridgehead atoms. The number of hydrogen-bond acceptors (Lipinski definition) is 1. The Morgan fingerprint density at radius 1 is 1.10 bits per heavy atom. The van der Waals surface area contributed by atoms with Crippen LogP contribution in [0.3, 0.4) is 0 Å². The fraction of sp³-hybridized carbons (Fsp3) is 0.684. The standard InChI is InChI=1S/C19H31N/c1-14(2)12-20-13-18-7-5-6-8-19(18)17-10-9-15(3)16(4)11-17/h9-11,14,18-20H,5-8,12-13H2,1-4H3. The van der Waals surface area contributed by atoms with Crippen molar-refractivity contribution in [1.82, 2.24) is 5.32 Å². The maximum Gasteiger partial charge on any atom is -0.00146 e. The topological polar surface area (TPSA) is 12.0 Å². The van der Waals surface area contributed by atoms with Crippen molar-refractivity contribution in [3.8, 4) is 0 Å². The molecule has 1 aliphatic rings. The summed E-state index contributed by atoms with van der Waals surface area (Å²) in [5.41, 5.74) is 4.44. The van der Waals surface area contributed by atoms with Crippen LogP contribution in [0.5, 0.6) is 0 Å². The Morgan fingerprint density at radius 3 is 2.55 bits per heavy atom. The van der Waals surface area contributed by atoms with Crippen LogP contribution in [0.1, 0.15) is 62.1 Å². The highest BCUT2D eigenvalue weighted by Gasteiger charge is 2.26. The Morgan fingerprint density at radius 2 is 1.85 bits per heavy atom. The van der Waals surface area contributed by atoms with Crippen LogP contribution in [0, 0.1) is 25.7 Å². The molecular weight excluding hydrogens is 242 g/mol. The first-order valence-electron chi connectivity index (χ1n) is 8.35. The molecule has 112 valence electrons. The smallest absolute Gasteiger partial charge is 0.00146 e. The van der Waals surface area contributed by atoms with Crippen LogP contribution in [0.15, 0.2) is 18.2 Å². The number of benzene rings is 1. The lowest BCUT2D eigenvalue weighted by molar-refractivity contribution is 0.292. The molecule has 0 radical (unpaired) electrons. The fourth-order valence-electron chi connectivity index (χ4n) is 3.44. The average molecular weight is 273 g/mol. The zero-order valence-corrected chi connectivity index (χ0v) is 13.7. The summed E-state index contributed by atoms with van der Waals surface area (Å²) in [7, 11) is 0. The van der Waals surface area contributed by atoms with Crippen LogP contribution in [0.2, 0.25) is 0 Å². The lowest BCUT2D eigenvalue weighted by Gasteiger charge is -2.32. The summed E-state index contributed by atoms with van der Waals surface area (Å²) in [5.74, 6) is 2.34.